The van der Waals surface area contributed by atoms with Crippen molar-refractivity contribution in [1.82, 2.24) is 4.90 Å². The van der Waals surface area contributed by atoms with E-state index in [1.54, 1.807) is 18.2 Å². The maximum absolute atomic E-state index is 12.2. The number of ether oxygens (including phenoxy) is 2. The third-order valence-electron chi connectivity index (χ3n) is 7.56. The number of halogens is 3. The van der Waals surface area contributed by atoms with Gasteiger partial charge in [-0.25, -0.2) is 0 Å². The zero-order chi connectivity index (χ0) is 29.7. The Labute approximate surface area is 255 Å². The highest BCUT2D eigenvalue weighted by molar-refractivity contribution is 6.76. The molecule has 1 saturated heterocycles. The van der Waals surface area contributed by atoms with Crippen LogP contribution in [0, 0.1) is 5.92 Å². The largest absolute Gasteiger partial charge is 0.392 e. The van der Waals surface area contributed by atoms with Crippen LogP contribution in [-0.4, -0.2) is 50.6 Å². The lowest BCUT2D eigenvalue weighted by atomic mass is 9.89. The summed E-state index contributed by atoms with van der Waals surface area (Å²) in [5.74, 6) is -0.826. The maximum Gasteiger partial charge on any atom is 0.276 e. The first-order chi connectivity index (χ1) is 19.5. The smallest absolute Gasteiger partial charge is 0.276 e. The molecule has 1 fully saturated rings. The van der Waals surface area contributed by atoms with Gasteiger partial charge in [0.1, 0.15) is 0 Å². The first-order valence-electron chi connectivity index (χ1n) is 13.4. The fourth-order valence-electron chi connectivity index (χ4n) is 4.91. The van der Waals surface area contributed by atoms with Crippen molar-refractivity contribution in [3.05, 3.63) is 101 Å². The van der Waals surface area contributed by atoms with E-state index in [-0.39, 0.29) is 30.8 Å². The number of hydrogen-bond donors (Lipinski definition) is 3. The van der Waals surface area contributed by atoms with Crippen molar-refractivity contribution in [3.63, 3.8) is 0 Å². The quantitative estimate of drug-likeness (QED) is 0.242. The monoisotopic (exact) mass is 620 g/mol. The third-order valence-corrected chi connectivity index (χ3v) is 8.07. The summed E-state index contributed by atoms with van der Waals surface area (Å²) >= 11 is 17.2. The van der Waals surface area contributed by atoms with Crippen LogP contribution in [0.5, 0.6) is 0 Å². The summed E-state index contributed by atoms with van der Waals surface area (Å²) in [6.45, 7) is 4.55. The van der Waals surface area contributed by atoms with E-state index in [9.17, 15) is 15.0 Å². The molecule has 4 rings (SSSR count). The number of likely N-dealkylation sites (N-methyl/N-ethyl adjacent to an activating group) is 1. The van der Waals surface area contributed by atoms with Crippen molar-refractivity contribution in [1.29, 1.82) is 0 Å². The highest BCUT2D eigenvalue weighted by Crippen LogP contribution is 2.42. The second kappa shape index (κ2) is 13.8. The Balaban J connectivity index is 1.59. The van der Waals surface area contributed by atoms with Crippen LogP contribution in [-0.2, 0) is 20.9 Å². The Hall–Kier alpha value is -2.20. The molecular formula is C31H35Cl3N2O5. The topological polar surface area (TPSA) is 91.3 Å². The molecule has 0 radical (unpaired) electrons. The van der Waals surface area contributed by atoms with Crippen LogP contribution in [0.1, 0.15) is 54.6 Å². The lowest BCUT2D eigenvalue weighted by molar-refractivity contribution is -0.276. The van der Waals surface area contributed by atoms with Gasteiger partial charge in [-0.2, -0.15) is 0 Å². The molecular weight excluding hydrogens is 587 g/mol. The highest BCUT2D eigenvalue weighted by Gasteiger charge is 2.40. The Morgan fingerprint density at radius 3 is 2.32 bits per heavy atom. The number of carbonyl (C=O) groups is 1. The van der Waals surface area contributed by atoms with E-state index in [4.69, 9.17) is 44.3 Å². The van der Waals surface area contributed by atoms with E-state index < -0.39 is 22.1 Å². The molecule has 10 heteroatoms. The second-order valence-electron chi connectivity index (χ2n) is 10.4. The van der Waals surface area contributed by atoms with Gasteiger partial charge in [0.25, 0.3) is 9.70 Å². The molecule has 1 amide bonds. The van der Waals surface area contributed by atoms with Crippen molar-refractivity contribution >= 4 is 46.4 Å². The molecule has 1 heterocycles. The predicted octanol–water partition coefficient (Wildman–Crippen LogP) is 6.33. The molecule has 3 aromatic rings. The summed E-state index contributed by atoms with van der Waals surface area (Å²) in [6.07, 6.45) is -2.03. The molecule has 0 bridgehead atoms. The average molecular weight is 622 g/mol. The van der Waals surface area contributed by atoms with Gasteiger partial charge in [-0.1, -0.05) is 108 Å². The summed E-state index contributed by atoms with van der Waals surface area (Å²) in [5, 5.41) is 23.1. The molecule has 3 N–H and O–H groups in total. The van der Waals surface area contributed by atoms with E-state index >= 15 is 0 Å². The van der Waals surface area contributed by atoms with Gasteiger partial charge < -0.3 is 25.0 Å². The summed E-state index contributed by atoms with van der Waals surface area (Å²) in [6, 6.07) is 24.1. The van der Waals surface area contributed by atoms with E-state index in [2.05, 4.69) is 17.1 Å². The van der Waals surface area contributed by atoms with Gasteiger partial charge in [-0.15, -0.1) is 0 Å². The van der Waals surface area contributed by atoms with Gasteiger partial charge in [0, 0.05) is 29.8 Å². The minimum atomic E-state index is -2.11. The number of aliphatic hydroxyl groups is 2. The summed E-state index contributed by atoms with van der Waals surface area (Å²) in [7, 11) is 1.97. The summed E-state index contributed by atoms with van der Waals surface area (Å²) in [4.78, 5) is 14.3. The van der Waals surface area contributed by atoms with Gasteiger partial charge in [-0.3, -0.25) is 9.69 Å². The fourth-order valence-corrected chi connectivity index (χ4v) is 5.05. The van der Waals surface area contributed by atoms with Crippen molar-refractivity contribution < 1.29 is 24.5 Å². The van der Waals surface area contributed by atoms with E-state index in [1.807, 2.05) is 74.6 Å². The van der Waals surface area contributed by atoms with Crippen LogP contribution < -0.4 is 5.32 Å². The van der Waals surface area contributed by atoms with Crippen LogP contribution in [0.15, 0.2) is 78.9 Å². The predicted molar refractivity (Wildman–Crippen MR) is 162 cm³/mol. The zero-order valence-corrected chi connectivity index (χ0v) is 25.4. The Morgan fingerprint density at radius 2 is 1.68 bits per heavy atom. The van der Waals surface area contributed by atoms with Crippen LogP contribution in [0.25, 0.3) is 0 Å². The Kier molecular flexibility index (Phi) is 10.7. The molecule has 0 unspecified atom stereocenters. The molecule has 220 valence electrons. The number of amides is 1. The molecule has 0 aliphatic carbocycles. The molecule has 6 atom stereocenters. The van der Waals surface area contributed by atoms with Gasteiger partial charge in [0.05, 0.1) is 24.9 Å². The van der Waals surface area contributed by atoms with Crippen molar-refractivity contribution in [2.75, 3.05) is 18.9 Å². The molecule has 3 aromatic carbocycles. The molecule has 0 saturated carbocycles. The van der Waals surface area contributed by atoms with Gasteiger partial charge in [-0.05, 0) is 42.8 Å². The molecule has 0 aromatic heterocycles. The van der Waals surface area contributed by atoms with Crippen molar-refractivity contribution in [3.8, 4) is 0 Å². The number of carbonyl (C=O) groups excluding carboxylic acids is 1. The second-order valence-corrected chi connectivity index (χ2v) is 12.7. The number of benzene rings is 3. The third kappa shape index (κ3) is 8.00. The fraction of sp³-hybridized carbons (Fsp3) is 0.387. The SMILES string of the molecule is C[C@H]1[C@@H](CN(C)[C@H](C)[C@@H](O)c2ccccc2)O[C@@H](c2cccc(NC(=O)C(Cl)(Cl)Cl)c2)O[C@H]1c1ccc(CO)cc1. The van der Waals surface area contributed by atoms with Gasteiger partial charge in [0.2, 0.25) is 0 Å². The van der Waals surface area contributed by atoms with Crippen LogP contribution in [0.2, 0.25) is 0 Å². The zero-order valence-electron chi connectivity index (χ0n) is 23.1. The molecule has 1 aliphatic rings. The number of nitrogens with zero attached hydrogens (tertiary/aromatic N) is 1. The van der Waals surface area contributed by atoms with E-state index in [0.29, 0.717) is 17.8 Å². The summed E-state index contributed by atoms with van der Waals surface area (Å²) in [5.41, 5.74) is 3.72. The van der Waals surface area contributed by atoms with E-state index in [0.717, 1.165) is 16.7 Å². The van der Waals surface area contributed by atoms with Gasteiger partial charge >= 0.3 is 0 Å². The summed E-state index contributed by atoms with van der Waals surface area (Å²) < 4.78 is 11.0. The molecule has 7 nitrogen and oxygen atoms in total. The Morgan fingerprint density at radius 1 is 1.00 bits per heavy atom. The van der Waals surface area contributed by atoms with Crippen LogP contribution in [0.4, 0.5) is 5.69 Å². The maximum atomic E-state index is 12.2. The minimum absolute atomic E-state index is 0.0468. The number of alkyl halides is 3. The number of aliphatic hydroxyl groups excluding tert-OH is 2. The minimum Gasteiger partial charge on any atom is -0.392 e. The number of hydrogen-bond acceptors (Lipinski definition) is 6. The number of rotatable bonds is 9. The molecule has 41 heavy (non-hydrogen) atoms. The standard InChI is InChI=1S/C31H35Cl3N2O5/c1-19-26(17-36(3)20(2)27(38)22-8-5-4-6-9-22)40-29(41-28(19)23-14-12-21(18-37)13-15-23)24-10-7-11-25(16-24)35-30(39)31(32,33)34/h4-16,19-20,26-29,37-38H,17-18H2,1-3H3,(H,35,39)/t19-,20+,26+,27+,28+,29+/m0/s1. The van der Waals surface area contributed by atoms with E-state index in [1.165, 1.54) is 0 Å². The van der Waals surface area contributed by atoms with Crippen molar-refractivity contribution in [2.45, 2.75) is 54.9 Å². The van der Waals surface area contributed by atoms with Crippen LogP contribution >= 0.6 is 34.8 Å². The highest BCUT2D eigenvalue weighted by atomic mass is 35.6. The number of anilines is 1. The number of nitrogens with one attached hydrogen (secondary N) is 1. The molecule has 0 spiro atoms. The first-order valence-corrected chi connectivity index (χ1v) is 14.5. The average Bonchev–Trinajstić information content (AvgIpc) is 2.97. The normalized spacial score (nSPS) is 22.8. The first kappa shape index (κ1) is 31.7. The lowest BCUT2D eigenvalue weighted by Crippen LogP contribution is -2.46. The molecule has 1 aliphatic heterocycles. The van der Waals surface area contributed by atoms with Gasteiger partial charge in [0.15, 0.2) is 6.29 Å². The van der Waals surface area contributed by atoms with Crippen LogP contribution in [0.3, 0.4) is 0 Å². The lowest BCUT2D eigenvalue weighted by Gasteiger charge is -2.43. The van der Waals surface area contributed by atoms with Crippen molar-refractivity contribution in [2.24, 2.45) is 5.92 Å². The Bertz CT molecular complexity index is 1290.